The van der Waals surface area contributed by atoms with Gasteiger partial charge in [-0.3, -0.25) is 9.69 Å². The van der Waals surface area contributed by atoms with E-state index in [9.17, 15) is 4.79 Å². The highest BCUT2D eigenvalue weighted by atomic mass is 32.2. The standard InChI is InChI=1S/C21H27N3OS/c1-16-13-17(15-24-9-11-26-12-10-24)7-8-20(16)23-21(25)14-19(22)18-5-3-2-4-6-18/h2-8,13,19H,9-12,14-15,22H2,1H3,(H,23,25). The number of amides is 1. The highest BCUT2D eigenvalue weighted by Crippen LogP contribution is 2.21. The van der Waals surface area contributed by atoms with Crippen LogP contribution in [0.2, 0.25) is 0 Å². The van der Waals surface area contributed by atoms with E-state index in [0.29, 0.717) is 0 Å². The van der Waals surface area contributed by atoms with Crippen molar-refractivity contribution >= 4 is 23.4 Å². The van der Waals surface area contributed by atoms with Crippen LogP contribution in [0.1, 0.15) is 29.2 Å². The van der Waals surface area contributed by atoms with E-state index in [0.717, 1.165) is 36.4 Å². The minimum absolute atomic E-state index is 0.0507. The molecule has 0 aliphatic carbocycles. The second-order valence-electron chi connectivity index (χ2n) is 6.81. The van der Waals surface area contributed by atoms with E-state index in [1.54, 1.807) is 0 Å². The number of carbonyl (C=O) groups excluding carboxylic acids is 1. The van der Waals surface area contributed by atoms with Crippen LogP contribution >= 0.6 is 11.8 Å². The quantitative estimate of drug-likeness (QED) is 0.817. The number of aryl methyl sites for hydroxylation is 1. The van der Waals surface area contributed by atoms with Crippen molar-refractivity contribution in [2.24, 2.45) is 5.73 Å². The fraction of sp³-hybridized carbons (Fsp3) is 0.381. The normalized spacial score (nSPS) is 16.2. The van der Waals surface area contributed by atoms with Crippen molar-refractivity contribution in [3.8, 4) is 0 Å². The smallest absolute Gasteiger partial charge is 0.226 e. The van der Waals surface area contributed by atoms with Gasteiger partial charge in [0.1, 0.15) is 0 Å². The van der Waals surface area contributed by atoms with Crippen LogP contribution in [-0.2, 0) is 11.3 Å². The van der Waals surface area contributed by atoms with Gasteiger partial charge in [-0.25, -0.2) is 0 Å². The van der Waals surface area contributed by atoms with Gasteiger partial charge in [0.25, 0.3) is 0 Å². The van der Waals surface area contributed by atoms with Crippen molar-refractivity contribution in [2.75, 3.05) is 29.9 Å². The van der Waals surface area contributed by atoms with Crippen molar-refractivity contribution in [3.05, 3.63) is 65.2 Å². The first-order chi connectivity index (χ1) is 12.6. The Morgan fingerprint density at radius 1 is 1.19 bits per heavy atom. The zero-order chi connectivity index (χ0) is 18.4. The molecule has 0 spiro atoms. The van der Waals surface area contributed by atoms with Gasteiger partial charge in [-0.1, -0.05) is 42.5 Å². The van der Waals surface area contributed by atoms with Crippen LogP contribution in [0.3, 0.4) is 0 Å². The molecular weight excluding hydrogens is 342 g/mol. The lowest BCUT2D eigenvalue weighted by molar-refractivity contribution is -0.116. The summed E-state index contributed by atoms with van der Waals surface area (Å²) < 4.78 is 0. The van der Waals surface area contributed by atoms with E-state index < -0.39 is 0 Å². The van der Waals surface area contributed by atoms with Crippen molar-refractivity contribution in [1.29, 1.82) is 0 Å². The van der Waals surface area contributed by atoms with Crippen LogP contribution in [0.4, 0.5) is 5.69 Å². The lowest BCUT2D eigenvalue weighted by Gasteiger charge is -2.26. The van der Waals surface area contributed by atoms with Crippen molar-refractivity contribution in [1.82, 2.24) is 4.90 Å². The van der Waals surface area contributed by atoms with E-state index in [-0.39, 0.29) is 18.4 Å². The van der Waals surface area contributed by atoms with Crippen molar-refractivity contribution in [2.45, 2.75) is 25.9 Å². The Labute approximate surface area is 160 Å². The molecular formula is C21H27N3OS. The molecule has 4 nitrogen and oxygen atoms in total. The van der Waals surface area contributed by atoms with Crippen LogP contribution in [-0.4, -0.2) is 35.4 Å². The van der Waals surface area contributed by atoms with Crippen molar-refractivity contribution in [3.63, 3.8) is 0 Å². The summed E-state index contributed by atoms with van der Waals surface area (Å²) in [7, 11) is 0. The van der Waals surface area contributed by atoms with E-state index in [1.807, 2.05) is 55.1 Å². The number of anilines is 1. The first kappa shape index (κ1) is 19.0. The summed E-state index contributed by atoms with van der Waals surface area (Å²) in [6.45, 7) is 5.33. The second kappa shape index (κ2) is 9.21. The van der Waals surface area contributed by atoms with Crippen LogP contribution in [0, 0.1) is 6.92 Å². The van der Waals surface area contributed by atoms with Crippen LogP contribution in [0.5, 0.6) is 0 Å². The number of rotatable bonds is 6. The average Bonchev–Trinajstić information content (AvgIpc) is 2.65. The first-order valence-electron chi connectivity index (χ1n) is 9.12. The number of benzene rings is 2. The second-order valence-corrected chi connectivity index (χ2v) is 8.03. The highest BCUT2D eigenvalue weighted by Gasteiger charge is 2.14. The molecule has 0 radical (unpaired) electrons. The number of hydrogen-bond donors (Lipinski definition) is 2. The van der Waals surface area contributed by atoms with Gasteiger partial charge in [0.2, 0.25) is 5.91 Å². The molecule has 0 saturated carbocycles. The molecule has 1 aliphatic rings. The summed E-state index contributed by atoms with van der Waals surface area (Å²) in [5.41, 5.74) is 10.4. The fourth-order valence-electron chi connectivity index (χ4n) is 3.20. The first-order valence-corrected chi connectivity index (χ1v) is 10.3. The Morgan fingerprint density at radius 2 is 1.92 bits per heavy atom. The van der Waals surface area contributed by atoms with Crippen LogP contribution in [0.15, 0.2) is 48.5 Å². The third kappa shape index (κ3) is 5.34. The molecule has 1 fully saturated rings. The molecule has 1 amide bonds. The van der Waals surface area contributed by atoms with Gasteiger partial charge in [0.05, 0.1) is 0 Å². The Hall–Kier alpha value is -1.82. The predicted molar refractivity (Wildman–Crippen MR) is 110 cm³/mol. The molecule has 138 valence electrons. The number of carbonyl (C=O) groups is 1. The van der Waals surface area contributed by atoms with Gasteiger partial charge < -0.3 is 11.1 Å². The van der Waals surface area contributed by atoms with Gasteiger partial charge in [-0.05, 0) is 29.7 Å². The summed E-state index contributed by atoms with van der Waals surface area (Å²) in [5, 5.41) is 3.01. The van der Waals surface area contributed by atoms with Gasteiger partial charge in [0, 0.05) is 49.3 Å². The highest BCUT2D eigenvalue weighted by molar-refractivity contribution is 7.99. The monoisotopic (exact) mass is 369 g/mol. The molecule has 3 rings (SSSR count). The molecule has 26 heavy (non-hydrogen) atoms. The summed E-state index contributed by atoms with van der Waals surface area (Å²) >= 11 is 2.03. The molecule has 1 atom stereocenters. The summed E-state index contributed by atoms with van der Waals surface area (Å²) in [5.74, 6) is 2.38. The molecule has 1 saturated heterocycles. The maximum Gasteiger partial charge on any atom is 0.226 e. The largest absolute Gasteiger partial charge is 0.326 e. The third-order valence-electron chi connectivity index (χ3n) is 4.71. The van der Waals surface area contributed by atoms with Crippen LogP contribution in [0.25, 0.3) is 0 Å². The Balaban J connectivity index is 1.56. The third-order valence-corrected chi connectivity index (χ3v) is 5.65. The topological polar surface area (TPSA) is 58.4 Å². The molecule has 0 aromatic heterocycles. The maximum atomic E-state index is 12.3. The number of nitrogens with one attached hydrogen (secondary N) is 1. The molecule has 2 aromatic carbocycles. The molecule has 2 aromatic rings. The zero-order valence-electron chi connectivity index (χ0n) is 15.3. The fourth-order valence-corrected chi connectivity index (χ4v) is 4.18. The van der Waals surface area contributed by atoms with Gasteiger partial charge in [-0.15, -0.1) is 0 Å². The summed E-state index contributed by atoms with van der Waals surface area (Å²) in [6.07, 6.45) is 0.274. The minimum atomic E-state index is -0.284. The summed E-state index contributed by atoms with van der Waals surface area (Å²) in [4.78, 5) is 14.8. The number of hydrogen-bond acceptors (Lipinski definition) is 4. The Bertz CT molecular complexity index is 729. The molecule has 3 N–H and O–H groups in total. The molecule has 0 bridgehead atoms. The number of thioether (sulfide) groups is 1. The average molecular weight is 370 g/mol. The molecule has 1 heterocycles. The lowest BCUT2D eigenvalue weighted by Crippen LogP contribution is -2.31. The van der Waals surface area contributed by atoms with E-state index in [2.05, 4.69) is 22.3 Å². The predicted octanol–water partition coefficient (Wildman–Crippen LogP) is 3.57. The van der Waals surface area contributed by atoms with Crippen LogP contribution < -0.4 is 11.1 Å². The van der Waals surface area contributed by atoms with Gasteiger partial charge in [0.15, 0.2) is 0 Å². The number of nitrogens with zero attached hydrogens (tertiary/aromatic N) is 1. The molecule has 1 aliphatic heterocycles. The Morgan fingerprint density at radius 3 is 2.62 bits per heavy atom. The van der Waals surface area contributed by atoms with E-state index >= 15 is 0 Å². The van der Waals surface area contributed by atoms with Crippen molar-refractivity contribution < 1.29 is 4.79 Å². The number of nitrogens with two attached hydrogens (primary N) is 1. The Kier molecular flexibility index (Phi) is 6.72. The van der Waals surface area contributed by atoms with Gasteiger partial charge >= 0.3 is 0 Å². The maximum absolute atomic E-state index is 12.3. The van der Waals surface area contributed by atoms with E-state index in [1.165, 1.54) is 17.1 Å². The van der Waals surface area contributed by atoms with E-state index in [4.69, 9.17) is 5.73 Å². The molecule has 1 unspecified atom stereocenters. The minimum Gasteiger partial charge on any atom is -0.326 e. The zero-order valence-corrected chi connectivity index (χ0v) is 16.1. The SMILES string of the molecule is Cc1cc(CN2CCSCC2)ccc1NC(=O)CC(N)c1ccccc1. The summed E-state index contributed by atoms with van der Waals surface area (Å²) in [6, 6.07) is 15.8. The molecule has 5 heteroatoms. The van der Waals surface area contributed by atoms with Gasteiger partial charge in [-0.2, -0.15) is 11.8 Å². The lowest BCUT2D eigenvalue weighted by atomic mass is 10.0.